The second kappa shape index (κ2) is 6.68. The molecule has 0 aromatic heterocycles. The molecule has 0 aliphatic carbocycles. The number of ether oxygens (including phenoxy) is 1. The van der Waals surface area contributed by atoms with Gasteiger partial charge in [0.2, 0.25) is 0 Å². The molecule has 112 valence electrons. The van der Waals surface area contributed by atoms with E-state index in [0.29, 0.717) is 12.0 Å². The molecule has 0 fully saturated rings. The second-order valence-corrected chi connectivity index (χ2v) is 5.16. The lowest BCUT2D eigenvalue weighted by molar-refractivity contribution is -0.0506. The Hall–Kier alpha value is -1.94. The first-order valence-electron chi connectivity index (χ1n) is 6.83. The van der Waals surface area contributed by atoms with Gasteiger partial charge in [0, 0.05) is 11.6 Å². The second-order valence-electron chi connectivity index (χ2n) is 5.16. The Labute approximate surface area is 123 Å². The van der Waals surface area contributed by atoms with Crippen molar-refractivity contribution in [2.75, 3.05) is 0 Å². The van der Waals surface area contributed by atoms with Gasteiger partial charge in [-0.15, -0.1) is 0 Å². The average molecular weight is 291 g/mol. The fourth-order valence-electron chi connectivity index (χ4n) is 2.36. The number of rotatable bonds is 5. The van der Waals surface area contributed by atoms with E-state index in [1.807, 2.05) is 26.0 Å². The molecule has 21 heavy (non-hydrogen) atoms. The van der Waals surface area contributed by atoms with Gasteiger partial charge in [0.25, 0.3) is 0 Å². The van der Waals surface area contributed by atoms with Crippen LogP contribution in [0.1, 0.15) is 28.3 Å². The molecule has 0 aliphatic heterocycles. The number of benzene rings is 2. The van der Waals surface area contributed by atoms with E-state index in [4.69, 9.17) is 5.73 Å². The van der Waals surface area contributed by atoms with Crippen molar-refractivity contribution in [2.24, 2.45) is 5.73 Å². The molecule has 0 aliphatic rings. The minimum Gasteiger partial charge on any atom is -0.434 e. The Morgan fingerprint density at radius 3 is 2.52 bits per heavy atom. The Morgan fingerprint density at radius 1 is 1.10 bits per heavy atom. The number of nitrogens with two attached hydrogens (primary N) is 1. The van der Waals surface area contributed by atoms with Crippen LogP contribution in [0.25, 0.3) is 0 Å². The van der Waals surface area contributed by atoms with Crippen molar-refractivity contribution in [1.29, 1.82) is 0 Å². The van der Waals surface area contributed by atoms with Crippen LogP contribution in [-0.2, 0) is 6.42 Å². The lowest BCUT2D eigenvalue weighted by Crippen LogP contribution is -2.16. The van der Waals surface area contributed by atoms with Crippen LogP contribution in [-0.4, -0.2) is 6.61 Å². The third-order valence-electron chi connectivity index (χ3n) is 3.48. The van der Waals surface area contributed by atoms with Crippen LogP contribution < -0.4 is 10.5 Å². The molecule has 2 nitrogen and oxygen atoms in total. The summed E-state index contributed by atoms with van der Waals surface area (Å²) in [5.74, 6) is 0.144. The van der Waals surface area contributed by atoms with E-state index in [0.717, 1.165) is 16.7 Å². The Kier molecular flexibility index (Phi) is 4.91. The van der Waals surface area contributed by atoms with Crippen LogP contribution in [0.5, 0.6) is 5.75 Å². The summed E-state index contributed by atoms with van der Waals surface area (Å²) in [6.45, 7) is 1.19. The van der Waals surface area contributed by atoms with Crippen LogP contribution in [0.15, 0.2) is 42.5 Å². The van der Waals surface area contributed by atoms with Crippen molar-refractivity contribution in [3.8, 4) is 5.75 Å². The summed E-state index contributed by atoms with van der Waals surface area (Å²) in [5, 5.41) is 0. The van der Waals surface area contributed by atoms with Crippen molar-refractivity contribution in [3.05, 3.63) is 64.7 Å². The lowest BCUT2D eigenvalue weighted by Gasteiger charge is -2.18. The molecule has 4 heteroatoms. The third-order valence-corrected chi connectivity index (χ3v) is 3.48. The minimum absolute atomic E-state index is 0.144. The molecule has 1 unspecified atom stereocenters. The van der Waals surface area contributed by atoms with Crippen molar-refractivity contribution in [2.45, 2.75) is 32.9 Å². The first kappa shape index (κ1) is 15.4. The third kappa shape index (κ3) is 4.02. The zero-order valence-corrected chi connectivity index (χ0v) is 12.1. The van der Waals surface area contributed by atoms with Crippen molar-refractivity contribution >= 4 is 0 Å². The standard InChI is InChI=1S/C17H19F2NO/c1-11-7-8-12(2)13(9-11)10-15(20)14-5-3-4-6-16(14)21-17(18)19/h3-9,15,17H,10,20H2,1-2H3. The normalized spacial score (nSPS) is 12.5. The van der Waals surface area contributed by atoms with Gasteiger partial charge in [0.1, 0.15) is 5.75 Å². The van der Waals surface area contributed by atoms with Gasteiger partial charge in [-0.25, -0.2) is 0 Å². The quantitative estimate of drug-likeness (QED) is 0.898. The van der Waals surface area contributed by atoms with E-state index in [1.165, 1.54) is 6.07 Å². The summed E-state index contributed by atoms with van der Waals surface area (Å²) >= 11 is 0. The molecular formula is C17H19F2NO. The van der Waals surface area contributed by atoms with E-state index in [2.05, 4.69) is 10.8 Å². The molecule has 0 saturated heterocycles. The fourth-order valence-corrected chi connectivity index (χ4v) is 2.36. The van der Waals surface area contributed by atoms with Crippen LogP contribution in [0.2, 0.25) is 0 Å². The van der Waals surface area contributed by atoms with Gasteiger partial charge in [-0.1, -0.05) is 42.0 Å². The van der Waals surface area contributed by atoms with Crippen LogP contribution >= 0.6 is 0 Å². The highest BCUT2D eigenvalue weighted by atomic mass is 19.3. The van der Waals surface area contributed by atoms with E-state index < -0.39 is 6.61 Å². The summed E-state index contributed by atoms with van der Waals surface area (Å²) in [7, 11) is 0. The largest absolute Gasteiger partial charge is 0.434 e. The van der Waals surface area contributed by atoms with E-state index >= 15 is 0 Å². The molecule has 1 atom stereocenters. The molecular weight excluding hydrogens is 272 g/mol. The molecule has 0 saturated carbocycles. The summed E-state index contributed by atoms with van der Waals surface area (Å²) in [5.41, 5.74) is 10.2. The number of para-hydroxylation sites is 1. The Balaban J connectivity index is 2.24. The van der Waals surface area contributed by atoms with Crippen molar-refractivity contribution in [1.82, 2.24) is 0 Å². The van der Waals surface area contributed by atoms with Gasteiger partial charge in [0.15, 0.2) is 0 Å². The summed E-state index contributed by atoms with van der Waals surface area (Å²) in [6, 6.07) is 12.4. The molecule has 0 radical (unpaired) electrons. The van der Waals surface area contributed by atoms with Gasteiger partial charge in [-0.2, -0.15) is 8.78 Å². The molecule has 0 spiro atoms. The lowest BCUT2D eigenvalue weighted by atomic mass is 9.95. The number of alkyl halides is 2. The predicted molar refractivity (Wildman–Crippen MR) is 79.6 cm³/mol. The number of hydrogen-bond acceptors (Lipinski definition) is 2. The topological polar surface area (TPSA) is 35.2 Å². The van der Waals surface area contributed by atoms with Gasteiger partial charge < -0.3 is 10.5 Å². The molecule has 2 rings (SSSR count). The number of halogens is 2. The highest BCUT2D eigenvalue weighted by Crippen LogP contribution is 2.28. The predicted octanol–water partition coefficient (Wildman–Crippen LogP) is 4.15. The average Bonchev–Trinajstić information content (AvgIpc) is 2.42. The molecule has 2 aromatic rings. The van der Waals surface area contributed by atoms with E-state index in [9.17, 15) is 8.78 Å². The van der Waals surface area contributed by atoms with Crippen LogP contribution in [0.4, 0.5) is 8.78 Å². The molecule has 2 N–H and O–H groups in total. The van der Waals surface area contributed by atoms with Crippen LogP contribution in [0.3, 0.4) is 0 Å². The Morgan fingerprint density at radius 2 is 1.81 bits per heavy atom. The van der Waals surface area contributed by atoms with Crippen LogP contribution in [0, 0.1) is 13.8 Å². The summed E-state index contributed by atoms with van der Waals surface area (Å²) < 4.78 is 29.4. The molecule has 0 bridgehead atoms. The smallest absolute Gasteiger partial charge is 0.387 e. The van der Waals surface area contributed by atoms with Gasteiger partial charge in [-0.05, 0) is 37.5 Å². The molecule has 0 heterocycles. The maximum Gasteiger partial charge on any atom is 0.387 e. The van der Waals surface area contributed by atoms with Crippen molar-refractivity contribution < 1.29 is 13.5 Å². The van der Waals surface area contributed by atoms with Gasteiger partial charge in [-0.3, -0.25) is 0 Å². The summed E-state index contributed by atoms with van der Waals surface area (Å²) in [4.78, 5) is 0. The number of hydrogen-bond donors (Lipinski definition) is 1. The highest BCUT2D eigenvalue weighted by molar-refractivity contribution is 5.38. The summed E-state index contributed by atoms with van der Waals surface area (Å²) in [6.07, 6.45) is 0.580. The molecule has 0 amide bonds. The number of aryl methyl sites for hydroxylation is 2. The van der Waals surface area contributed by atoms with E-state index in [-0.39, 0.29) is 11.8 Å². The minimum atomic E-state index is -2.85. The zero-order chi connectivity index (χ0) is 15.4. The maximum atomic E-state index is 12.4. The van der Waals surface area contributed by atoms with Gasteiger partial charge in [0.05, 0.1) is 0 Å². The van der Waals surface area contributed by atoms with E-state index in [1.54, 1.807) is 18.2 Å². The Bertz CT molecular complexity index is 613. The highest BCUT2D eigenvalue weighted by Gasteiger charge is 2.16. The SMILES string of the molecule is Cc1ccc(C)c(CC(N)c2ccccc2OC(F)F)c1. The monoisotopic (exact) mass is 291 g/mol. The fraction of sp³-hybridized carbons (Fsp3) is 0.294. The zero-order valence-electron chi connectivity index (χ0n) is 12.1. The molecule has 2 aromatic carbocycles. The van der Waals surface area contributed by atoms with Crippen molar-refractivity contribution in [3.63, 3.8) is 0 Å². The first-order valence-corrected chi connectivity index (χ1v) is 6.83. The first-order chi connectivity index (χ1) is 9.97. The van der Waals surface area contributed by atoms with Gasteiger partial charge >= 0.3 is 6.61 Å². The maximum absolute atomic E-state index is 12.4.